The van der Waals surface area contributed by atoms with Crippen molar-refractivity contribution in [2.45, 2.75) is 31.7 Å². The minimum absolute atomic E-state index is 0.458. The van der Waals surface area contributed by atoms with E-state index in [0.29, 0.717) is 11.6 Å². The predicted octanol–water partition coefficient (Wildman–Crippen LogP) is 2.87. The van der Waals surface area contributed by atoms with E-state index in [-0.39, 0.29) is 0 Å². The number of carbonyl (C=O) groups excluding carboxylic acids is 1. The van der Waals surface area contributed by atoms with E-state index in [1.807, 2.05) is 23.0 Å². The summed E-state index contributed by atoms with van der Waals surface area (Å²) in [6.45, 7) is 0. The van der Waals surface area contributed by atoms with Crippen molar-refractivity contribution in [3.8, 4) is 11.3 Å². The number of nitrogens with zero attached hydrogens (tertiary/aromatic N) is 3. The van der Waals surface area contributed by atoms with Crippen LogP contribution in [0.25, 0.3) is 11.3 Å². The zero-order valence-electron chi connectivity index (χ0n) is 10.1. The molecule has 0 atom stereocenters. The van der Waals surface area contributed by atoms with Gasteiger partial charge in [0.1, 0.15) is 5.69 Å². The van der Waals surface area contributed by atoms with E-state index in [1.54, 1.807) is 12.4 Å². The summed E-state index contributed by atoms with van der Waals surface area (Å²) in [5.74, 6) is 0. The van der Waals surface area contributed by atoms with Gasteiger partial charge < -0.3 is 0 Å². The van der Waals surface area contributed by atoms with Crippen LogP contribution in [0.3, 0.4) is 0 Å². The van der Waals surface area contributed by atoms with Crippen LogP contribution >= 0.6 is 0 Å². The van der Waals surface area contributed by atoms with Crippen molar-refractivity contribution in [3.05, 3.63) is 36.3 Å². The van der Waals surface area contributed by atoms with Gasteiger partial charge in [0.05, 0.1) is 11.6 Å². The van der Waals surface area contributed by atoms with E-state index in [9.17, 15) is 4.79 Å². The summed E-state index contributed by atoms with van der Waals surface area (Å²) >= 11 is 0. The van der Waals surface area contributed by atoms with Gasteiger partial charge in [0.25, 0.3) is 0 Å². The van der Waals surface area contributed by atoms with Gasteiger partial charge in [0.2, 0.25) is 0 Å². The minimum Gasteiger partial charge on any atom is -0.298 e. The molecule has 2 aromatic rings. The Hall–Kier alpha value is -1.97. The molecule has 3 rings (SSSR count). The van der Waals surface area contributed by atoms with Gasteiger partial charge in [0, 0.05) is 24.2 Å². The van der Waals surface area contributed by atoms with Crippen LogP contribution in [-0.4, -0.2) is 21.1 Å². The molecule has 0 bridgehead atoms. The normalized spacial score (nSPS) is 16.0. The first-order valence-electron chi connectivity index (χ1n) is 6.33. The maximum Gasteiger partial charge on any atom is 0.153 e. The SMILES string of the molecule is O=Cc1cn(C2CCCC2)nc1-c1ccncc1. The zero-order valence-corrected chi connectivity index (χ0v) is 10.1. The Morgan fingerprint density at radius 3 is 2.61 bits per heavy atom. The molecule has 0 spiro atoms. The van der Waals surface area contributed by atoms with E-state index in [1.165, 1.54) is 12.8 Å². The lowest BCUT2D eigenvalue weighted by Crippen LogP contribution is -2.04. The van der Waals surface area contributed by atoms with Gasteiger partial charge >= 0.3 is 0 Å². The largest absolute Gasteiger partial charge is 0.298 e. The summed E-state index contributed by atoms with van der Waals surface area (Å²) in [6.07, 6.45) is 11.0. The second kappa shape index (κ2) is 4.72. The number of carbonyl (C=O) groups is 1. The fraction of sp³-hybridized carbons (Fsp3) is 0.357. The molecule has 18 heavy (non-hydrogen) atoms. The van der Waals surface area contributed by atoms with Crippen molar-refractivity contribution in [3.63, 3.8) is 0 Å². The molecule has 0 radical (unpaired) electrons. The Kier molecular flexibility index (Phi) is 2.92. The molecule has 0 aromatic carbocycles. The van der Waals surface area contributed by atoms with E-state index in [0.717, 1.165) is 30.4 Å². The van der Waals surface area contributed by atoms with E-state index in [2.05, 4.69) is 10.1 Å². The van der Waals surface area contributed by atoms with Crippen LogP contribution in [0.5, 0.6) is 0 Å². The Bertz CT molecular complexity index is 541. The molecule has 4 nitrogen and oxygen atoms in total. The van der Waals surface area contributed by atoms with Gasteiger partial charge in [-0.05, 0) is 25.0 Å². The molecule has 2 heterocycles. The van der Waals surface area contributed by atoms with Gasteiger partial charge in [-0.25, -0.2) is 0 Å². The molecule has 0 aliphatic heterocycles. The number of rotatable bonds is 3. The lowest BCUT2D eigenvalue weighted by Gasteiger charge is -2.08. The van der Waals surface area contributed by atoms with Gasteiger partial charge in [-0.3, -0.25) is 14.5 Å². The summed E-state index contributed by atoms with van der Waals surface area (Å²) < 4.78 is 1.96. The van der Waals surface area contributed by atoms with Crippen molar-refractivity contribution in [2.24, 2.45) is 0 Å². The van der Waals surface area contributed by atoms with Crippen molar-refractivity contribution >= 4 is 6.29 Å². The highest BCUT2D eigenvalue weighted by Gasteiger charge is 2.20. The fourth-order valence-corrected chi connectivity index (χ4v) is 2.58. The Morgan fingerprint density at radius 2 is 1.94 bits per heavy atom. The minimum atomic E-state index is 0.458. The first-order chi connectivity index (χ1) is 8.88. The van der Waals surface area contributed by atoms with Gasteiger partial charge in [-0.15, -0.1) is 0 Å². The van der Waals surface area contributed by atoms with Crippen molar-refractivity contribution in [1.82, 2.24) is 14.8 Å². The first-order valence-corrected chi connectivity index (χ1v) is 6.33. The Morgan fingerprint density at radius 1 is 1.22 bits per heavy atom. The summed E-state index contributed by atoms with van der Waals surface area (Å²) in [5.41, 5.74) is 2.37. The number of pyridine rings is 1. The van der Waals surface area contributed by atoms with Crippen LogP contribution in [0.2, 0.25) is 0 Å². The molecule has 2 aromatic heterocycles. The van der Waals surface area contributed by atoms with Crippen molar-refractivity contribution in [1.29, 1.82) is 0 Å². The quantitative estimate of drug-likeness (QED) is 0.776. The van der Waals surface area contributed by atoms with Crippen molar-refractivity contribution in [2.75, 3.05) is 0 Å². The predicted molar refractivity (Wildman–Crippen MR) is 68.4 cm³/mol. The van der Waals surface area contributed by atoms with Crippen LogP contribution in [0.15, 0.2) is 30.7 Å². The molecule has 92 valence electrons. The van der Waals surface area contributed by atoms with Gasteiger partial charge in [0.15, 0.2) is 6.29 Å². The third-order valence-electron chi connectivity index (χ3n) is 3.54. The maximum absolute atomic E-state index is 11.2. The molecule has 1 fully saturated rings. The van der Waals surface area contributed by atoms with Crippen molar-refractivity contribution < 1.29 is 4.79 Å². The highest BCUT2D eigenvalue weighted by molar-refractivity contribution is 5.85. The number of aromatic nitrogens is 3. The second-order valence-electron chi connectivity index (χ2n) is 4.71. The highest BCUT2D eigenvalue weighted by atomic mass is 16.1. The van der Waals surface area contributed by atoms with Crippen LogP contribution < -0.4 is 0 Å². The van der Waals surface area contributed by atoms with Crippen LogP contribution in [-0.2, 0) is 0 Å². The lowest BCUT2D eigenvalue weighted by atomic mass is 10.1. The van der Waals surface area contributed by atoms with Crippen LogP contribution in [0, 0.1) is 0 Å². The number of hydrogen-bond donors (Lipinski definition) is 0. The summed E-state index contributed by atoms with van der Waals surface area (Å²) in [4.78, 5) is 15.1. The standard InChI is InChI=1S/C14H15N3O/c18-10-12-9-17(13-3-1-2-4-13)16-14(12)11-5-7-15-8-6-11/h5-10,13H,1-4H2. The molecule has 0 N–H and O–H groups in total. The van der Waals surface area contributed by atoms with E-state index < -0.39 is 0 Å². The zero-order chi connectivity index (χ0) is 12.4. The third kappa shape index (κ3) is 1.94. The molecule has 4 heteroatoms. The molecule has 1 saturated carbocycles. The van der Waals surface area contributed by atoms with Gasteiger partial charge in [-0.2, -0.15) is 5.10 Å². The van der Waals surface area contributed by atoms with Crippen LogP contribution in [0.4, 0.5) is 0 Å². The maximum atomic E-state index is 11.2. The molecule has 0 unspecified atom stereocenters. The van der Waals surface area contributed by atoms with E-state index >= 15 is 0 Å². The van der Waals surface area contributed by atoms with Crippen LogP contribution in [0.1, 0.15) is 42.1 Å². The average molecular weight is 241 g/mol. The summed E-state index contributed by atoms with van der Waals surface area (Å²) in [7, 11) is 0. The molecule has 1 aliphatic carbocycles. The third-order valence-corrected chi connectivity index (χ3v) is 3.54. The summed E-state index contributed by atoms with van der Waals surface area (Å²) in [6, 6.07) is 4.22. The van der Waals surface area contributed by atoms with E-state index in [4.69, 9.17) is 0 Å². The second-order valence-corrected chi connectivity index (χ2v) is 4.71. The first kappa shape index (κ1) is 11.1. The fourth-order valence-electron chi connectivity index (χ4n) is 2.58. The Balaban J connectivity index is 2.01. The smallest absolute Gasteiger partial charge is 0.153 e. The summed E-state index contributed by atoms with van der Waals surface area (Å²) in [5, 5.41) is 4.59. The molecule has 0 amide bonds. The Labute approximate surface area is 106 Å². The highest BCUT2D eigenvalue weighted by Crippen LogP contribution is 2.31. The average Bonchev–Trinajstić information content (AvgIpc) is 3.08. The van der Waals surface area contributed by atoms with Gasteiger partial charge in [-0.1, -0.05) is 12.8 Å². The molecule has 0 saturated heterocycles. The molecule has 1 aliphatic rings. The monoisotopic (exact) mass is 241 g/mol. The molecular weight excluding hydrogens is 226 g/mol. The lowest BCUT2D eigenvalue weighted by molar-refractivity contribution is 0.112. The number of hydrogen-bond acceptors (Lipinski definition) is 3. The number of aldehydes is 1. The topological polar surface area (TPSA) is 47.8 Å². The molecular formula is C14H15N3O.